The van der Waals surface area contributed by atoms with Gasteiger partial charge in [-0.05, 0) is 66.0 Å². The van der Waals surface area contributed by atoms with Crippen molar-refractivity contribution in [1.29, 1.82) is 0 Å². The Bertz CT molecular complexity index is 943. The van der Waals surface area contributed by atoms with E-state index < -0.39 is 6.29 Å². The molecule has 0 spiro atoms. The van der Waals surface area contributed by atoms with Gasteiger partial charge < -0.3 is 14.2 Å². The van der Waals surface area contributed by atoms with Gasteiger partial charge >= 0.3 is 5.97 Å². The fraction of sp³-hybridized carbons (Fsp3) is 0.458. The molecule has 2 aliphatic rings. The molecule has 1 aliphatic heterocycles. The lowest BCUT2D eigenvalue weighted by Crippen LogP contribution is -2.33. The Kier molecular flexibility index (Phi) is 6.16. The molecule has 160 valence electrons. The van der Waals surface area contributed by atoms with Gasteiger partial charge in [-0.15, -0.1) is 0 Å². The van der Waals surface area contributed by atoms with Crippen LogP contribution in [0.4, 0.5) is 4.39 Å². The summed E-state index contributed by atoms with van der Waals surface area (Å²) in [5, 5.41) is 0. The van der Waals surface area contributed by atoms with E-state index in [9.17, 15) is 9.18 Å². The van der Waals surface area contributed by atoms with Crippen molar-refractivity contribution in [2.45, 2.75) is 44.3 Å². The lowest BCUT2D eigenvalue weighted by atomic mass is 9.81. The molecule has 30 heavy (non-hydrogen) atoms. The van der Waals surface area contributed by atoms with E-state index in [1.807, 2.05) is 25.1 Å². The van der Waals surface area contributed by atoms with E-state index in [1.165, 1.54) is 13.2 Å². The number of fused-ring (bicyclic) bond motifs is 1. The second-order valence-corrected chi connectivity index (χ2v) is 9.16. The van der Waals surface area contributed by atoms with Gasteiger partial charge in [0.15, 0.2) is 0 Å². The van der Waals surface area contributed by atoms with E-state index in [1.54, 1.807) is 13.2 Å². The standard InChI is InChI=1S/C24H26BrFO4/c1-13(23(27)28-2)22(14-4-5-14)15-6-9-21-16(10-15)11-19(24(29-3)30-21)18-8-7-17(25)12-20(18)26/h6-10,12-14,19,22,24H,4-5,11H2,1-3H3/t13-,19?,22?,24?/m0/s1. The molecule has 0 N–H and O–H groups in total. The predicted octanol–water partition coefficient (Wildman–Crippen LogP) is 5.58. The number of hydrogen-bond donors (Lipinski definition) is 0. The molecule has 4 nitrogen and oxygen atoms in total. The molecule has 0 aromatic heterocycles. The highest BCUT2D eigenvalue weighted by molar-refractivity contribution is 9.10. The molecule has 2 aromatic carbocycles. The third kappa shape index (κ3) is 4.12. The highest BCUT2D eigenvalue weighted by Gasteiger charge is 2.40. The smallest absolute Gasteiger partial charge is 0.309 e. The zero-order valence-electron chi connectivity index (χ0n) is 17.4. The summed E-state index contributed by atoms with van der Waals surface area (Å²) in [4.78, 5) is 12.2. The van der Waals surface area contributed by atoms with Gasteiger partial charge in [-0.3, -0.25) is 4.79 Å². The highest BCUT2D eigenvalue weighted by atomic mass is 79.9. The summed E-state index contributed by atoms with van der Waals surface area (Å²) in [5.74, 6) is 0.420. The van der Waals surface area contributed by atoms with Crippen LogP contribution in [0.1, 0.15) is 48.3 Å². The Balaban J connectivity index is 1.67. The van der Waals surface area contributed by atoms with Crippen LogP contribution in [0.15, 0.2) is 40.9 Å². The molecule has 0 amide bonds. The maximum Gasteiger partial charge on any atom is 0.309 e. The van der Waals surface area contributed by atoms with Crippen molar-refractivity contribution >= 4 is 21.9 Å². The van der Waals surface area contributed by atoms with Gasteiger partial charge in [0.05, 0.1) is 18.9 Å². The lowest BCUT2D eigenvalue weighted by molar-refractivity contribution is -0.145. The molecule has 1 saturated carbocycles. The third-order valence-corrected chi connectivity index (χ3v) is 6.81. The van der Waals surface area contributed by atoms with Crippen molar-refractivity contribution in [2.75, 3.05) is 14.2 Å². The number of carbonyl (C=O) groups excluding carboxylic acids is 1. The Morgan fingerprint density at radius 3 is 2.60 bits per heavy atom. The van der Waals surface area contributed by atoms with Crippen molar-refractivity contribution in [3.63, 3.8) is 0 Å². The van der Waals surface area contributed by atoms with E-state index in [0.29, 0.717) is 22.4 Å². The van der Waals surface area contributed by atoms with Crippen LogP contribution in [0.25, 0.3) is 0 Å². The van der Waals surface area contributed by atoms with Crippen molar-refractivity contribution in [3.05, 3.63) is 63.4 Å². The quantitative estimate of drug-likeness (QED) is 0.510. The summed E-state index contributed by atoms with van der Waals surface area (Å²) >= 11 is 3.31. The Hall–Kier alpha value is -1.92. The summed E-state index contributed by atoms with van der Waals surface area (Å²) in [7, 11) is 3.01. The second kappa shape index (κ2) is 8.67. The van der Waals surface area contributed by atoms with Crippen molar-refractivity contribution in [2.24, 2.45) is 11.8 Å². The lowest BCUT2D eigenvalue weighted by Gasteiger charge is -2.34. The monoisotopic (exact) mass is 476 g/mol. The van der Waals surface area contributed by atoms with Gasteiger partial charge in [0, 0.05) is 11.6 Å². The van der Waals surface area contributed by atoms with Crippen molar-refractivity contribution in [1.82, 2.24) is 0 Å². The Morgan fingerprint density at radius 1 is 1.20 bits per heavy atom. The van der Waals surface area contributed by atoms with E-state index in [0.717, 1.165) is 29.7 Å². The number of hydrogen-bond acceptors (Lipinski definition) is 4. The first-order valence-corrected chi connectivity index (χ1v) is 11.1. The third-order valence-electron chi connectivity index (χ3n) is 6.32. The predicted molar refractivity (Wildman–Crippen MR) is 115 cm³/mol. The molecule has 6 heteroatoms. The van der Waals surface area contributed by atoms with Gasteiger partial charge in [0.25, 0.3) is 0 Å². The van der Waals surface area contributed by atoms with Gasteiger partial charge in [-0.1, -0.05) is 41.1 Å². The minimum atomic E-state index is -0.563. The van der Waals surface area contributed by atoms with Crippen LogP contribution < -0.4 is 4.74 Å². The molecule has 3 unspecified atom stereocenters. The fourth-order valence-electron chi connectivity index (χ4n) is 4.65. The van der Waals surface area contributed by atoms with Crippen molar-refractivity contribution in [3.8, 4) is 5.75 Å². The second-order valence-electron chi connectivity index (χ2n) is 8.24. The van der Waals surface area contributed by atoms with Gasteiger partial charge in [0.2, 0.25) is 6.29 Å². The first-order valence-electron chi connectivity index (χ1n) is 10.3. The van der Waals surface area contributed by atoms with Gasteiger partial charge in [-0.25, -0.2) is 4.39 Å². The molecule has 2 aromatic rings. The average Bonchev–Trinajstić information content (AvgIpc) is 3.57. The summed E-state index contributed by atoms with van der Waals surface area (Å²) in [6.07, 6.45) is 2.28. The number of carbonyl (C=O) groups is 1. The normalized spacial score (nSPS) is 22.6. The maximum atomic E-state index is 14.7. The van der Waals surface area contributed by atoms with E-state index in [4.69, 9.17) is 14.2 Å². The molecule has 0 bridgehead atoms. The maximum absolute atomic E-state index is 14.7. The van der Waals surface area contributed by atoms with Crippen LogP contribution >= 0.6 is 15.9 Å². The molecule has 0 saturated heterocycles. The summed E-state index contributed by atoms with van der Waals surface area (Å²) in [6, 6.07) is 11.2. The van der Waals surface area contributed by atoms with E-state index in [-0.39, 0.29) is 29.5 Å². The zero-order chi connectivity index (χ0) is 21.4. The summed E-state index contributed by atoms with van der Waals surface area (Å²) in [5.41, 5.74) is 2.70. The van der Waals surface area contributed by atoms with Crippen LogP contribution in [0.2, 0.25) is 0 Å². The first kappa shape index (κ1) is 21.3. The van der Waals surface area contributed by atoms with Gasteiger partial charge in [0.1, 0.15) is 11.6 Å². The Morgan fingerprint density at radius 2 is 1.97 bits per heavy atom. The molecule has 4 atom stereocenters. The molecular weight excluding hydrogens is 451 g/mol. The molecule has 1 aliphatic carbocycles. The molecule has 0 radical (unpaired) electrons. The SMILES string of the molecule is COC(=O)[C@@H](C)C(c1ccc2c(c1)CC(c1ccc(Br)cc1F)C(OC)O2)C1CC1. The number of ether oxygens (including phenoxy) is 3. The number of methoxy groups -OCH3 is 2. The number of esters is 1. The summed E-state index contributed by atoms with van der Waals surface area (Å²) < 4.78 is 32.0. The fourth-order valence-corrected chi connectivity index (χ4v) is 4.98. The molecule has 1 fully saturated rings. The Labute approximate surface area is 184 Å². The van der Waals surface area contributed by atoms with E-state index >= 15 is 0 Å². The van der Waals surface area contributed by atoms with Gasteiger partial charge in [-0.2, -0.15) is 0 Å². The average molecular weight is 477 g/mol. The topological polar surface area (TPSA) is 44.8 Å². The zero-order valence-corrected chi connectivity index (χ0v) is 18.9. The highest BCUT2D eigenvalue weighted by Crippen LogP contribution is 2.48. The largest absolute Gasteiger partial charge is 0.469 e. The van der Waals surface area contributed by atoms with Crippen LogP contribution in [0.5, 0.6) is 5.75 Å². The van der Waals surface area contributed by atoms with Crippen LogP contribution in [-0.2, 0) is 20.7 Å². The first-order chi connectivity index (χ1) is 14.4. The summed E-state index contributed by atoms with van der Waals surface area (Å²) in [6.45, 7) is 1.94. The molecular formula is C24H26BrFO4. The minimum Gasteiger partial charge on any atom is -0.469 e. The van der Waals surface area contributed by atoms with Crippen LogP contribution in [-0.4, -0.2) is 26.5 Å². The van der Waals surface area contributed by atoms with E-state index in [2.05, 4.69) is 22.0 Å². The number of benzene rings is 2. The van der Waals surface area contributed by atoms with Crippen LogP contribution in [0.3, 0.4) is 0 Å². The molecule has 4 rings (SSSR count). The number of rotatable bonds is 6. The van der Waals surface area contributed by atoms with Crippen LogP contribution in [0, 0.1) is 17.7 Å². The molecule has 1 heterocycles. The van der Waals surface area contributed by atoms with Crippen molar-refractivity contribution < 1.29 is 23.4 Å². The number of halogens is 2. The minimum absolute atomic E-state index is 0.116.